The summed E-state index contributed by atoms with van der Waals surface area (Å²) in [5, 5.41) is 7.73. The lowest BCUT2D eigenvalue weighted by Crippen LogP contribution is -1.96. The molecule has 22 heavy (non-hydrogen) atoms. The van der Waals surface area contributed by atoms with Crippen LogP contribution in [-0.4, -0.2) is 24.9 Å². The van der Waals surface area contributed by atoms with Gasteiger partial charge in [-0.3, -0.25) is 5.10 Å². The van der Waals surface area contributed by atoms with E-state index >= 15 is 0 Å². The van der Waals surface area contributed by atoms with Crippen LogP contribution in [0.25, 0.3) is 22.4 Å². The second-order valence-electron chi connectivity index (χ2n) is 4.96. The van der Waals surface area contributed by atoms with Gasteiger partial charge in [0.2, 0.25) is 0 Å². The van der Waals surface area contributed by atoms with E-state index in [1.807, 2.05) is 24.3 Å². The van der Waals surface area contributed by atoms with Crippen molar-refractivity contribution in [2.75, 3.05) is 6.26 Å². The molecule has 2 aromatic carbocycles. The standard InChI is InChI=1S/C16H13ClN2O2S/c1-22(20,21)14-8-4-12(5-9-14)16-15(10-18-19-16)11-2-6-13(17)7-3-11/h2-10H,1H3,(H,18,19). The molecule has 0 aliphatic rings. The number of aromatic amines is 1. The average molecular weight is 333 g/mol. The molecule has 0 bridgehead atoms. The highest BCUT2D eigenvalue weighted by atomic mass is 35.5. The van der Waals surface area contributed by atoms with Crippen molar-refractivity contribution < 1.29 is 8.42 Å². The predicted molar refractivity (Wildman–Crippen MR) is 87.6 cm³/mol. The summed E-state index contributed by atoms with van der Waals surface area (Å²) in [4.78, 5) is 0.295. The summed E-state index contributed by atoms with van der Waals surface area (Å²) in [5.41, 5.74) is 3.63. The van der Waals surface area contributed by atoms with E-state index in [9.17, 15) is 8.42 Å². The molecule has 3 aromatic rings. The molecule has 0 amide bonds. The van der Waals surface area contributed by atoms with E-state index in [2.05, 4.69) is 10.2 Å². The monoisotopic (exact) mass is 332 g/mol. The number of halogens is 1. The van der Waals surface area contributed by atoms with Crippen LogP contribution in [0, 0.1) is 0 Å². The quantitative estimate of drug-likeness (QED) is 0.793. The van der Waals surface area contributed by atoms with Crippen LogP contribution >= 0.6 is 11.6 Å². The Bertz CT molecular complexity index is 898. The number of rotatable bonds is 3. The molecule has 0 radical (unpaired) electrons. The van der Waals surface area contributed by atoms with Crippen molar-refractivity contribution in [1.29, 1.82) is 0 Å². The van der Waals surface area contributed by atoms with Gasteiger partial charge in [0, 0.05) is 22.4 Å². The van der Waals surface area contributed by atoms with Crippen molar-refractivity contribution in [2.24, 2.45) is 0 Å². The third kappa shape index (κ3) is 2.91. The van der Waals surface area contributed by atoms with Gasteiger partial charge in [0.15, 0.2) is 9.84 Å². The highest BCUT2D eigenvalue weighted by molar-refractivity contribution is 7.90. The first-order valence-corrected chi connectivity index (χ1v) is 8.82. The van der Waals surface area contributed by atoms with Crippen LogP contribution in [0.15, 0.2) is 59.6 Å². The summed E-state index contributed by atoms with van der Waals surface area (Å²) in [6.07, 6.45) is 2.93. The Labute approximate surface area is 133 Å². The summed E-state index contributed by atoms with van der Waals surface area (Å²) >= 11 is 5.91. The molecule has 0 atom stereocenters. The molecule has 0 aliphatic heterocycles. The van der Waals surface area contributed by atoms with Crippen molar-refractivity contribution in [3.05, 3.63) is 59.8 Å². The van der Waals surface area contributed by atoms with E-state index in [0.717, 1.165) is 22.4 Å². The Morgan fingerprint density at radius 3 is 2.14 bits per heavy atom. The summed E-state index contributed by atoms with van der Waals surface area (Å²) < 4.78 is 23.0. The molecule has 4 nitrogen and oxygen atoms in total. The lowest BCUT2D eigenvalue weighted by atomic mass is 10.0. The molecule has 1 heterocycles. The van der Waals surface area contributed by atoms with Gasteiger partial charge in [-0.25, -0.2) is 8.42 Å². The maximum absolute atomic E-state index is 11.5. The van der Waals surface area contributed by atoms with E-state index in [1.165, 1.54) is 6.26 Å². The van der Waals surface area contributed by atoms with Crippen LogP contribution in [-0.2, 0) is 9.84 Å². The van der Waals surface area contributed by atoms with Gasteiger partial charge >= 0.3 is 0 Å². The van der Waals surface area contributed by atoms with Crippen molar-refractivity contribution in [1.82, 2.24) is 10.2 Å². The molecule has 0 saturated heterocycles. The molecule has 6 heteroatoms. The molecule has 3 rings (SSSR count). The number of H-pyrrole nitrogens is 1. The van der Waals surface area contributed by atoms with E-state index in [0.29, 0.717) is 9.92 Å². The minimum Gasteiger partial charge on any atom is -0.277 e. The number of nitrogens with zero attached hydrogens (tertiary/aromatic N) is 1. The second-order valence-corrected chi connectivity index (χ2v) is 7.41. The Balaban J connectivity index is 2.03. The summed E-state index contributed by atoms with van der Waals surface area (Å²) in [5.74, 6) is 0. The fourth-order valence-electron chi connectivity index (χ4n) is 2.22. The molecule has 0 aliphatic carbocycles. The third-order valence-corrected chi connectivity index (χ3v) is 4.75. The molecular formula is C16H13ClN2O2S. The minimum absolute atomic E-state index is 0.295. The van der Waals surface area contributed by atoms with Gasteiger partial charge in [0.25, 0.3) is 0 Å². The first-order valence-electron chi connectivity index (χ1n) is 6.55. The number of nitrogens with one attached hydrogen (secondary N) is 1. The van der Waals surface area contributed by atoms with Crippen molar-refractivity contribution >= 4 is 21.4 Å². The largest absolute Gasteiger partial charge is 0.277 e. The zero-order valence-electron chi connectivity index (χ0n) is 11.7. The van der Waals surface area contributed by atoms with Gasteiger partial charge < -0.3 is 0 Å². The zero-order valence-corrected chi connectivity index (χ0v) is 13.3. The topological polar surface area (TPSA) is 62.8 Å². The van der Waals surface area contributed by atoms with Crippen LogP contribution in [0.1, 0.15) is 0 Å². The molecular weight excluding hydrogens is 320 g/mol. The molecule has 0 fully saturated rings. The Morgan fingerprint density at radius 1 is 0.955 bits per heavy atom. The smallest absolute Gasteiger partial charge is 0.175 e. The van der Waals surface area contributed by atoms with Gasteiger partial charge in [0.05, 0.1) is 16.8 Å². The van der Waals surface area contributed by atoms with Crippen LogP contribution in [0.2, 0.25) is 5.02 Å². The average Bonchev–Trinajstić information content (AvgIpc) is 2.97. The predicted octanol–water partition coefficient (Wildman–Crippen LogP) is 3.80. The molecule has 0 unspecified atom stereocenters. The summed E-state index contributed by atoms with van der Waals surface area (Å²) in [6.45, 7) is 0. The zero-order chi connectivity index (χ0) is 15.7. The molecule has 0 saturated carbocycles. The van der Waals surface area contributed by atoms with Crippen LogP contribution in [0.5, 0.6) is 0 Å². The number of sulfone groups is 1. The Morgan fingerprint density at radius 2 is 1.55 bits per heavy atom. The lowest BCUT2D eigenvalue weighted by molar-refractivity contribution is 0.602. The maximum Gasteiger partial charge on any atom is 0.175 e. The van der Waals surface area contributed by atoms with Gasteiger partial charge in [-0.15, -0.1) is 0 Å². The van der Waals surface area contributed by atoms with Crippen molar-refractivity contribution in [2.45, 2.75) is 4.90 Å². The second kappa shape index (κ2) is 5.59. The van der Waals surface area contributed by atoms with Crippen LogP contribution in [0.3, 0.4) is 0 Å². The van der Waals surface area contributed by atoms with Crippen molar-refractivity contribution in [3.8, 4) is 22.4 Å². The van der Waals surface area contributed by atoms with Gasteiger partial charge in [0.1, 0.15) is 0 Å². The highest BCUT2D eigenvalue weighted by Gasteiger charge is 2.12. The molecule has 112 valence electrons. The lowest BCUT2D eigenvalue weighted by Gasteiger charge is -2.05. The number of hydrogen-bond acceptors (Lipinski definition) is 3. The molecule has 1 N–H and O–H groups in total. The number of benzene rings is 2. The first-order chi connectivity index (χ1) is 10.4. The fraction of sp³-hybridized carbons (Fsp3) is 0.0625. The van der Waals surface area contributed by atoms with E-state index in [4.69, 9.17) is 11.6 Å². The maximum atomic E-state index is 11.5. The highest BCUT2D eigenvalue weighted by Crippen LogP contribution is 2.31. The number of aromatic nitrogens is 2. The van der Waals surface area contributed by atoms with Gasteiger partial charge in [-0.05, 0) is 29.8 Å². The summed E-state index contributed by atoms with van der Waals surface area (Å²) in [7, 11) is -3.20. The Kier molecular flexibility index (Phi) is 3.76. The SMILES string of the molecule is CS(=O)(=O)c1ccc(-c2[nH]ncc2-c2ccc(Cl)cc2)cc1. The molecule has 0 spiro atoms. The third-order valence-electron chi connectivity index (χ3n) is 3.37. The van der Waals surface area contributed by atoms with E-state index in [1.54, 1.807) is 30.5 Å². The summed E-state index contributed by atoms with van der Waals surface area (Å²) in [6, 6.07) is 14.2. The van der Waals surface area contributed by atoms with Crippen LogP contribution < -0.4 is 0 Å². The Hall–Kier alpha value is -2.11. The van der Waals surface area contributed by atoms with Crippen LogP contribution in [0.4, 0.5) is 0 Å². The molecule has 1 aromatic heterocycles. The normalized spacial score (nSPS) is 11.5. The number of hydrogen-bond donors (Lipinski definition) is 1. The van der Waals surface area contributed by atoms with Gasteiger partial charge in [-0.2, -0.15) is 5.10 Å². The van der Waals surface area contributed by atoms with Crippen molar-refractivity contribution in [3.63, 3.8) is 0 Å². The van der Waals surface area contributed by atoms with E-state index < -0.39 is 9.84 Å². The first kappa shape index (κ1) is 14.8. The fourth-order valence-corrected chi connectivity index (χ4v) is 2.98. The van der Waals surface area contributed by atoms with Gasteiger partial charge in [-0.1, -0.05) is 35.9 Å². The minimum atomic E-state index is -3.20. The van der Waals surface area contributed by atoms with E-state index in [-0.39, 0.29) is 0 Å².